The highest BCUT2D eigenvalue weighted by Gasteiger charge is 2.11. The molecule has 27 heavy (non-hydrogen) atoms. The minimum atomic E-state index is -0.113. The van der Waals surface area contributed by atoms with Gasteiger partial charge in [0.05, 0.1) is 6.04 Å². The van der Waals surface area contributed by atoms with Crippen LogP contribution in [0.25, 0.3) is 21.5 Å². The zero-order valence-electron chi connectivity index (χ0n) is 15.4. The second-order valence-electron chi connectivity index (χ2n) is 6.61. The van der Waals surface area contributed by atoms with Crippen LogP contribution in [-0.2, 0) is 0 Å². The van der Waals surface area contributed by atoms with Crippen LogP contribution in [0, 0.1) is 13.8 Å². The van der Waals surface area contributed by atoms with Gasteiger partial charge in [-0.2, -0.15) is 0 Å². The van der Waals surface area contributed by atoms with Crippen molar-refractivity contribution in [1.29, 1.82) is 0 Å². The summed E-state index contributed by atoms with van der Waals surface area (Å²) in [6, 6.07) is 14.6. The lowest BCUT2D eigenvalue weighted by Gasteiger charge is -2.13. The maximum Gasteiger partial charge on any atom is 0.254 e. The van der Waals surface area contributed by atoms with Crippen molar-refractivity contribution >= 4 is 27.2 Å². The topological polar surface area (TPSA) is 70.7 Å². The highest BCUT2D eigenvalue weighted by molar-refractivity contribution is 7.19. The summed E-state index contributed by atoms with van der Waals surface area (Å²) < 4.78 is 1.29. The van der Waals surface area contributed by atoms with Crippen LogP contribution < -0.4 is 10.9 Å². The molecule has 4 rings (SSSR count). The third-order valence-electron chi connectivity index (χ3n) is 4.67. The Morgan fingerprint density at radius 1 is 1.15 bits per heavy atom. The van der Waals surface area contributed by atoms with E-state index < -0.39 is 0 Å². The quantitative estimate of drug-likeness (QED) is 0.535. The molecule has 0 saturated carbocycles. The molecule has 1 atom stereocenters. The molecule has 6 heteroatoms. The number of nitrogens with one attached hydrogen (secondary N) is 2. The van der Waals surface area contributed by atoms with Crippen molar-refractivity contribution in [1.82, 2.24) is 15.0 Å². The largest absolute Gasteiger partial charge is 0.363 e. The molecule has 2 N–H and O–H groups in total. The van der Waals surface area contributed by atoms with E-state index in [1.807, 2.05) is 19.1 Å². The van der Waals surface area contributed by atoms with E-state index in [-0.39, 0.29) is 11.6 Å². The molecular formula is C21H20N4OS. The Hall–Kier alpha value is -2.99. The number of fused-ring (bicyclic) bond motifs is 1. The van der Waals surface area contributed by atoms with Crippen molar-refractivity contribution in [3.05, 3.63) is 75.1 Å². The fourth-order valence-electron chi connectivity index (χ4n) is 2.91. The van der Waals surface area contributed by atoms with E-state index >= 15 is 0 Å². The Balaban J connectivity index is 1.54. The number of hydrogen-bond donors (Lipinski definition) is 2. The van der Waals surface area contributed by atoms with Crippen molar-refractivity contribution < 1.29 is 0 Å². The molecule has 1 aromatic carbocycles. The van der Waals surface area contributed by atoms with E-state index in [9.17, 15) is 4.79 Å². The number of hydrogen-bond acceptors (Lipinski definition) is 5. The molecule has 0 fully saturated rings. The van der Waals surface area contributed by atoms with E-state index in [0.717, 1.165) is 17.1 Å². The first-order chi connectivity index (χ1) is 13.0. The first kappa shape index (κ1) is 17.4. The molecule has 0 radical (unpaired) electrons. The van der Waals surface area contributed by atoms with E-state index in [1.54, 1.807) is 24.5 Å². The normalized spacial score (nSPS) is 12.3. The van der Waals surface area contributed by atoms with Crippen LogP contribution in [0.2, 0.25) is 0 Å². The standard InChI is InChI=1S/C21H20N4OS/c1-12-13(2)24-20(25-21(12)26)16-8-9-19(22-11-16)23-14(3)18-10-15-6-4-5-7-17(15)27-18/h4-11,14H,1-3H3,(H,22,23)(H,24,25,26). The second-order valence-corrected chi connectivity index (χ2v) is 7.73. The van der Waals surface area contributed by atoms with Gasteiger partial charge in [0.25, 0.3) is 5.56 Å². The van der Waals surface area contributed by atoms with Gasteiger partial charge in [-0.1, -0.05) is 18.2 Å². The van der Waals surface area contributed by atoms with E-state index in [0.29, 0.717) is 11.4 Å². The molecule has 136 valence electrons. The maximum atomic E-state index is 12.0. The molecular weight excluding hydrogens is 356 g/mol. The number of aromatic nitrogens is 3. The van der Waals surface area contributed by atoms with E-state index in [4.69, 9.17) is 0 Å². The summed E-state index contributed by atoms with van der Waals surface area (Å²) in [5, 5.41) is 4.70. The highest BCUT2D eigenvalue weighted by Crippen LogP contribution is 2.31. The lowest BCUT2D eigenvalue weighted by molar-refractivity contribution is 0.897. The number of anilines is 1. The van der Waals surface area contributed by atoms with Gasteiger partial charge in [-0.3, -0.25) is 4.79 Å². The van der Waals surface area contributed by atoms with Crippen LogP contribution in [0.15, 0.2) is 53.5 Å². The summed E-state index contributed by atoms with van der Waals surface area (Å²) in [5.41, 5.74) is 2.05. The molecule has 4 aromatic rings. The molecule has 5 nitrogen and oxygen atoms in total. The molecule has 0 amide bonds. The molecule has 0 spiro atoms. The summed E-state index contributed by atoms with van der Waals surface area (Å²) in [5.74, 6) is 1.33. The van der Waals surface area contributed by atoms with Gasteiger partial charge in [0.2, 0.25) is 0 Å². The van der Waals surface area contributed by atoms with Gasteiger partial charge in [0, 0.05) is 32.6 Å². The first-order valence-corrected chi connectivity index (χ1v) is 9.62. The average Bonchev–Trinajstić information content (AvgIpc) is 3.11. The summed E-state index contributed by atoms with van der Waals surface area (Å²) in [4.78, 5) is 25.0. The molecule has 3 heterocycles. The number of thiophene rings is 1. The Kier molecular flexibility index (Phi) is 4.49. The van der Waals surface area contributed by atoms with E-state index in [2.05, 4.69) is 57.5 Å². The summed E-state index contributed by atoms with van der Waals surface area (Å²) in [7, 11) is 0. The summed E-state index contributed by atoms with van der Waals surface area (Å²) >= 11 is 1.79. The number of aryl methyl sites for hydroxylation is 1. The Bertz CT molecular complexity index is 1130. The molecule has 1 unspecified atom stereocenters. The number of benzene rings is 1. The molecule has 3 aromatic heterocycles. The monoisotopic (exact) mass is 376 g/mol. The van der Waals surface area contributed by atoms with Crippen LogP contribution in [0.3, 0.4) is 0 Å². The third-order valence-corrected chi connectivity index (χ3v) is 5.97. The van der Waals surface area contributed by atoms with Crippen molar-refractivity contribution in [2.24, 2.45) is 0 Å². The van der Waals surface area contributed by atoms with Gasteiger partial charge in [-0.05, 0) is 50.4 Å². The number of pyridine rings is 1. The predicted molar refractivity (Wildman–Crippen MR) is 111 cm³/mol. The maximum absolute atomic E-state index is 12.0. The Morgan fingerprint density at radius 2 is 1.96 bits per heavy atom. The first-order valence-electron chi connectivity index (χ1n) is 8.80. The van der Waals surface area contributed by atoms with Gasteiger partial charge in [-0.25, -0.2) is 9.97 Å². The van der Waals surface area contributed by atoms with Crippen LogP contribution >= 0.6 is 11.3 Å². The molecule has 0 aliphatic heterocycles. The zero-order valence-corrected chi connectivity index (χ0v) is 16.2. The molecule has 0 aliphatic rings. The third kappa shape index (κ3) is 3.48. The predicted octanol–water partition coefficient (Wildman–Crippen LogP) is 4.84. The van der Waals surface area contributed by atoms with Crippen molar-refractivity contribution in [2.75, 3.05) is 5.32 Å². The van der Waals surface area contributed by atoms with E-state index in [1.165, 1.54) is 15.0 Å². The van der Waals surface area contributed by atoms with Crippen LogP contribution in [0.1, 0.15) is 29.1 Å². The minimum Gasteiger partial charge on any atom is -0.363 e. The van der Waals surface area contributed by atoms with Crippen molar-refractivity contribution in [3.8, 4) is 11.4 Å². The summed E-state index contributed by atoms with van der Waals surface area (Å²) in [6.45, 7) is 5.73. The van der Waals surface area contributed by atoms with Crippen LogP contribution in [0.4, 0.5) is 5.82 Å². The minimum absolute atomic E-state index is 0.113. The molecule has 0 saturated heterocycles. The van der Waals surface area contributed by atoms with Gasteiger partial charge >= 0.3 is 0 Å². The van der Waals surface area contributed by atoms with Gasteiger partial charge < -0.3 is 10.3 Å². The number of rotatable bonds is 4. The Morgan fingerprint density at radius 3 is 2.67 bits per heavy atom. The smallest absolute Gasteiger partial charge is 0.254 e. The van der Waals surface area contributed by atoms with Crippen LogP contribution in [0.5, 0.6) is 0 Å². The van der Waals surface area contributed by atoms with Crippen molar-refractivity contribution in [2.45, 2.75) is 26.8 Å². The summed E-state index contributed by atoms with van der Waals surface area (Å²) in [6.07, 6.45) is 1.73. The second kappa shape index (κ2) is 6.96. The fraction of sp³-hybridized carbons (Fsp3) is 0.190. The Labute approximate surface area is 161 Å². The number of H-pyrrole nitrogens is 1. The average molecular weight is 376 g/mol. The van der Waals surface area contributed by atoms with Gasteiger partial charge in [0.15, 0.2) is 0 Å². The zero-order chi connectivity index (χ0) is 19.0. The van der Waals surface area contributed by atoms with Crippen LogP contribution in [-0.4, -0.2) is 15.0 Å². The van der Waals surface area contributed by atoms with Gasteiger partial charge in [0.1, 0.15) is 11.6 Å². The number of aromatic amines is 1. The fourth-order valence-corrected chi connectivity index (χ4v) is 3.98. The van der Waals surface area contributed by atoms with Gasteiger partial charge in [-0.15, -0.1) is 11.3 Å². The lowest BCUT2D eigenvalue weighted by Crippen LogP contribution is -2.14. The lowest BCUT2D eigenvalue weighted by atomic mass is 10.2. The molecule has 0 bridgehead atoms. The van der Waals surface area contributed by atoms with Crippen molar-refractivity contribution in [3.63, 3.8) is 0 Å². The molecule has 0 aliphatic carbocycles. The highest BCUT2D eigenvalue weighted by atomic mass is 32.1. The SMILES string of the molecule is Cc1nc(-c2ccc(NC(C)c3cc4ccccc4s3)nc2)[nH]c(=O)c1C. The number of nitrogens with zero attached hydrogens (tertiary/aromatic N) is 2.